The average molecular weight is 511 g/mol. The van der Waals surface area contributed by atoms with Crippen molar-refractivity contribution in [2.45, 2.75) is 66.0 Å². The van der Waals surface area contributed by atoms with Gasteiger partial charge in [-0.05, 0) is 48.5 Å². The number of thiazole rings is 1. The summed E-state index contributed by atoms with van der Waals surface area (Å²) in [6.45, 7) is 15.3. The van der Waals surface area contributed by atoms with E-state index in [-0.39, 0.29) is 24.0 Å². The summed E-state index contributed by atoms with van der Waals surface area (Å²) in [6, 6.07) is 0. The molecule has 0 spiro atoms. The largest absolute Gasteiger partial charge is 0.444 e. The second-order valence-electron chi connectivity index (χ2n) is 7.74. The molecular formula is C18H34IN5O2S. The topological polar surface area (TPSA) is 87.6 Å². The third kappa shape index (κ3) is 12.1. The van der Waals surface area contributed by atoms with E-state index in [2.05, 4.69) is 31.3 Å². The first-order valence-electron chi connectivity index (χ1n) is 8.95. The van der Waals surface area contributed by atoms with Crippen LogP contribution in [0.5, 0.6) is 0 Å². The highest BCUT2D eigenvalue weighted by molar-refractivity contribution is 14.0. The Bertz CT molecular complexity index is 611. The van der Waals surface area contributed by atoms with Crippen molar-refractivity contribution in [2.24, 2.45) is 4.99 Å². The molecule has 0 saturated heterocycles. The summed E-state index contributed by atoms with van der Waals surface area (Å²) in [7, 11) is 0. The highest BCUT2D eigenvalue weighted by Gasteiger charge is 2.24. The van der Waals surface area contributed by atoms with Crippen molar-refractivity contribution in [1.82, 2.24) is 20.9 Å². The maximum absolute atomic E-state index is 12.0. The number of ether oxygens (including phenoxy) is 1. The van der Waals surface area contributed by atoms with Gasteiger partial charge in [0, 0.05) is 24.9 Å². The fourth-order valence-corrected chi connectivity index (χ4v) is 2.72. The standard InChI is InChI=1S/C18H33N5O2S.HI/c1-8-19-15(20-10-9-14-11-26-13(2)22-14)21-12-18(6,7)23-16(24)25-17(3,4)5;/h11H,8-10,12H2,1-7H3,(H,23,24)(H2,19,20,21);1H. The van der Waals surface area contributed by atoms with E-state index in [0.29, 0.717) is 6.54 Å². The number of aryl methyl sites for hydroxylation is 1. The summed E-state index contributed by atoms with van der Waals surface area (Å²) in [5, 5.41) is 12.5. The molecule has 1 aromatic rings. The molecule has 0 aliphatic carbocycles. The fourth-order valence-electron chi connectivity index (χ4n) is 2.07. The minimum Gasteiger partial charge on any atom is -0.444 e. The zero-order valence-corrected chi connectivity index (χ0v) is 20.6. The highest BCUT2D eigenvalue weighted by atomic mass is 127. The Hall–Kier alpha value is -1.10. The number of halogens is 1. The lowest BCUT2D eigenvalue weighted by Gasteiger charge is -2.27. The van der Waals surface area contributed by atoms with Gasteiger partial charge in [-0.25, -0.2) is 9.78 Å². The summed E-state index contributed by atoms with van der Waals surface area (Å²) in [5.74, 6) is 0.721. The monoisotopic (exact) mass is 511 g/mol. The molecular weight excluding hydrogens is 477 g/mol. The van der Waals surface area contributed by atoms with Gasteiger partial charge < -0.3 is 20.7 Å². The van der Waals surface area contributed by atoms with Crippen LogP contribution in [0.2, 0.25) is 0 Å². The summed E-state index contributed by atoms with van der Waals surface area (Å²) < 4.78 is 5.31. The molecule has 9 heteroatoms. The predicted molar refractivity (Wildman–Crippen MR) is 123 cm³/mol. The van der Waals surface area contributed by atoms with Gasteiger partial charge in [-0.3, -0.25) is 4.99 Å². The van der Waals surface area contributed by atoms with Crippen LogP contribution in [0.4, 0.5) is 4.79 Å². The van der Waals surface area contributed by atoms with Gasteiger partial charge in [0.05, 0.1) is 22.8 Å². The summed E-state index contributed by atoms with van der Waals surface area (Å²) in [5.41, 5.74) is 0.0489. The molecule has 0 bridgehead atoms. The number of rotatable bonds is 7. The van der Waals surface area contributed by atoms with E-state index in [4.69, 9.17) is 4.74 Å². The first kappa shape index (κ1) is 25.9. The van der Waals surface area contributed by atoms with E-state index in [1.54, 1.807) is 11.3 Å². The highest BCUT2D eigenvalue weighted by Crippen LogP contribution is 2.10. The molecule has 27 heavy (non-hydrogen) atoms. The number of nitrogens with zero attached hydrogens (tertiary/aromatic N) is 2. The maximum atomic E-state index is 12.0. The van der Waals surface area contributed by atoms with E-state index in [0.717, 1.165) is 36.2 Å². The number of carbonyl (C=O) groups excluding carboxylic acids is 1. The van der Waals surface area contributed by atoms with Crippen molar-refractivity contribution in [3.8, 4) is 0 Å². The molecule has 0 atom stereocenters. The van der Waals surface area contributed by atoms with Gasteiger partial charge in [0.15, 0.2) is 5.96 Å². The van der Waals surface area contributed by atoms with Crippen LogP contribution in [0, 0.1) is 6.92 Å². The Labute approximate surface area is 184 Å². The Kier molecular flexibility index (Phi) is 11.2. The van der Waals surface area contributed by atoms with Gasteiger partial charge in [0.1, 0.15) is 5.60 Å². The third-order valence-corrected chi connectivity index (χ3v) is 3.98. The number of hydrogen-bond donors (Lipinski definition) is 3. The lowest BCUT2D eigenvalue weighted by Crippen LogP contribution is -2.49. The van der Waals surface area contributed by atoms with E-state index < -0.39 is 17.2 Å². The Balaban J connectivity index is 0.00000676. The number of nitrogens with one attached hydrogen (secondary N) is 3. The molecule has 0 radical (unpaired) electrons. The molecule has 1 aromatic heterocycles. The minimum absolute atomic E-state index is 0. The number of aromatic nitrogens is 1. The van der Waals surface area contributed by atoms with E-state index in [9.17, 15) is 4.79 Å². The van der Waals surface area contributed by atoms with E-state index >= 15 is 0 Å². The quantitative estimate of drug-likeness (QED) is 0.297. The third-order valence-electron chi connectivity index (χ3n) is 3.16. The van der Waals surface area contributed by atoms with Crippen LogP contribution in [0.1, 0.15) is 52.2 Å². The van der Waals surface area contributed by atoms with Crippen molar-refractivity contribution in [3.05, 3.63) is 16.1 Å². The van der Waals surface area contributed by atoms with Crippen LogP contribution in [0.3, 0.4) is 0 Å². The fraction of sp³-hybridized carbons (Fsp3) is 0.722. The van der Waals surface area contributed by atoms with Crippen LogP contribution in [0.15, 0.2) is 10.4 Å². The number of carbonyl (C=O) groups is 1. The zero-order valence-electron chi connectivity index (χ0n) is 17.4. The Morgan fingerprint density at radius 3 is 2.44 bits per heavy atom. The van der Waals surface area contributed by atoms with Crippen molar-refractivity contribution >= 4 is 47.4 Å². The number of aliphatic imine (C=N–C) groups is 1. The molecule has 0 aromatic carbocycles. The predicted octanol–water partition coefficient (Wildman–Crippen LogP) is 3.47. The van der Waals surface area contributed by atoms with Crippen molar-refractivity contribution in [2.75, 3.05) is 19.6 Å². The lowest BCUT2D eigenvalue weighted by molar-refractivity contribution is 0.0476. The maximum Gasteiger partial charge on any atom is 0.408 e. The van der Waals surface area contributed by atoms with Gasteiger partial charge in [0.2, 0.25) is 0 Å². The summed E-state index contributed by atoms with van der Waals surface area (Å²) >= 11 is 1.66. The number of alkyl carbamates (subject to hydrolysis) is 1. The molecule has 1 rings (SSSR count). The van der Waals surface area contributed by atoms with Crippen LogP contribution in [-0.2, 0) is 11.2 Å². The normalized spacial score (nSPS) is 12.2. The summed E-state index contributed by atoms with van der Waals surface area (Å²) in [6.07, 6.45) is 0.406. The minimum atomic E-state index is -0.520. The van der Waals surface area contributed by atoms with E-state index in [1.807, 2.05) is 48.5 Å². The van der Waals surface area contributed by atoms with Crippen LogP contribution < -0.4 is 16.0 Å². The Morgan fingerprint density at radius 1 is 1.26 bits per heavy atom. The molecule has 0 fully saturated rings. The zero-order chi connectivity index (χ0) is 19.8. The molecule has 0 aliphatic rings. The van der Waals surface area contributed by atoms with Gasteiger partial charge in [-0.1, -0.05) is 0 Å². The average Bonchev–Trinajstić information content (AvgIpc) is 2.87. The molecule has 0 saturated carbocycles. The molecule has 0 aliphatic heterocycles. The van der Waals surface area contributed by atoms with Crippen molar-refractivity contribution in [3.63, 3.8) is 0 Å². The first-order chi connectivity index (χ1) is 12.0. The number of guanidine groups is 1. The number of amides is 1. The van der Waals surface area contributed by atoms with Gasteiger partial charge >= 0.3 is 6.09 Å². The smallest absolute Gasteiger partial charge is 0.408 e. The van der Waals surface area contributed by atoms with Gasteiger partial charge in [-0.15, -0.1) is 35.3 Å². The van der Waals surface area contributed by atoms with Crippen LogP contribution in [0.25, 0.3) is 0 Å². The van der Waals surface area contributed by atoms with Crippen molar-refractivity contribution in [1.29, 1.82) is 0 Å². The Morgan fingerprint density at radius 2 is 1.93 bits per heavy atom. The summed E-state index contributed by atoms with van der Waals surface area (Å²) in [4.78, 5) is 21.0. The molecule has 0 unspecified atom stereocenters. The molecule has 7 nitrogen and oxygen atoms in total. The van der Waals surface area contributed by atoms with Gasteiger partial charge in [-0.2, -0.15) is 0 Å². The van der Waals surface area contributed by atoms with Crippen LogP contribution in [-0.4, -0.2) is 47.8 Å². The number of hydrogen-bond acceptors (Lipinski definition) is 5. The lowest BCUT2D eigenvalue weighted by atomic mass is 10.1. The first-order valence-corrected chi connectivity index (χ1v) is 9.83. The molecule has 1 heterocycles. The van der Waals surface area contributed by atoms with E-state index in [1.165, 1.54) is 0 Å². The molecule has 3 N–H and O–H groups in total. The second-order valence-corrected chi connectivity index (χ2v) is 8.80. The van der Waals surface area contributed by atoms with Crippen LogP contribution >= 0.6 is 35.3 Å². The second kappa shape index (κ2) is 11.7. The van der Waals surface area contributed by atoms with Gasteiger partial charge in [0.25, 0.3) is 0 Å². The SMILES string of the molecule is CCNC(=NCC(C)(C)NC(=O)OC(C)(C)C)NCCc1csc(C)n1.I. The van der Waals surface area contributed by atoms with Crippen molar-refractivity contribution < 1.29 is 9.53 Å². The molecule has 156 valence electrons. The molecule has 1 amide bonds.